The number of benzene rings is 3. The van der Waals surface area contributed by atoms with Crippen LogP contribution in [0.25, 0.3) is 11.0 Å². The average molecular weight is 436 g/mol. The minimum Gasteiger partial charge on any atom is -0.493 e. The minimum absolute atomic E-state index is 0.0316. The molecule has 0 aliphatic rings. The number of fused-ring (bicyclic) bond motifs is 1. The maximum atomic E-state index is 13.6. The third-order valence-corrected chi connectivity index (χ3v) is 4.84. The molecule has 1 heterocycles. The van der Waals surface area contributed by atoms with Crippen molar-refractivity contribution in [3.63, 3.8) is 0 Å². The molecule has 0 bridgehead atoms. The Morgan fingerprint density at radius 1 is 1.00 bits per heavy atom. The zero-order valence-corrected chi connectivity index (χ0v) is 17.2. The second kappa shape index (κ2) is 8.99. The molecule has 4 aromatic rings. The minimum atomic E-state index is -0.520. The lowest BCUT2D eigenvalue weighted by Gasteiger charge is -2.13. The van der Waals surface area contributed by atoms with Gasteiger partial charge < -0.3 is 14.8 Å². The van der Waals surface area contributed by atoms with Gasteiger partial charge in [-0.3, -0.25) is 9.93 Å². The Balaban J connectivity index is 1.75. The third-order valence-electron chi connectivity index (χ3n) is 4.31. The molecular weight excluding hydrogens is 419 g/mol. The number of para-hydroxylation sites is 2. The largest absolute Gasteiger partial charge is 0.493 e. The van der Waals surface area contributed by atoms with E-state index in [2.05, 4.69) is 15.3 Å². The quantitative estimate of drug-likeness (QED) is 0.419. The molecule has 1 amide bonds. The Bertz CT molecular complexity index is 1270. The average Bonchev–Trinajstić information content (AvgIpc) is 2.79. The standard InChI is InChI=1S/C22H17FN4O3S/c1-29-19-11-13(23)9-10-18(19)30-22-20(26-16-7-2-3-8-17(16)27-22)21(28)25-14-5-4-6-15(12-14)31-24/h2-12H,24H2,1H3,(H,25,28). The molecule has 0 aliphatic carbocycles. The van der Waals surface area contributed by atoms with Gasteiger partial charge in [0.15, 0.2) is 17.2 Å². The first kappa shape index (κ1) is 20.6. The molecule has 0 atom stereocenters. The first-order valence-electron chi connectivity index (χ1n) is 9.13. The van der Waals surface area contributed by atoms with E-state index in [1.807, 2.05) is 6.07 Å². The van der Waals surface area contributed by atoms with Crippen LogP contribution < -0.4 is 19.9 Å². The summed E-state index contributed by atoms with van der Waals surface area (Å²) in [6, 6.07) is 18.0. The highest BCUT2D eigenvalue weighted by molar-refractivity contribution is 7.97. The van der Waals surface area contributed by atoms with Crippen molar-refractivity contribution in [2.75, 3.05) is 12.4 Å². The van der Waals surface area contributed by atoms with Crippen LogP contribution in [0.4, 0.5) is 10.1 Å². The molecule has 3 N–H and O–H groups in total. The van der Waals surface area contributed by atoms with Crippen molar-refractivity contribution < 1.29 is 18.7 Å². The predicted molar refractivity (Wildman–Crippen MR) is 117 cm³/mol. The number of ether oxygens (including phenoxy) is 2. The summed E-state index contributed by atoms with van der Waals surface area (Å²) in [5.74, 6) is -0.679. The number of aromatic nitrogens is 2. The van der Waals surface area contributed by atoms with Gasteiger partial charge in [-0.25, -0.2) is 14.4 Å². The van der Waals surface area contributed by atoms with E-state index in [1.54, 1.807) is 42.5 Å². The molecule has 4 rings (SSSR count). The molecule has 31 heavy (non-hydrogen) atoms. The molecule has 3 aromatic carbocycles. The van der Waals surface area contributed by atoms with E-state index >= 15 is 0 Å². The molecule has 0 unspecified atom stereocenters. The smallest absolute Gasteiger partial charge is 0.279 e. The Morgan fingerprint density at radius 2 is 1.77 bits per heavy atom. The fourth-order valence-electron chi connectivity index (χ4n) is 2.87. The van der Waals surface area contributed by atoms with E-state index in [0.717, 1.165) is 16.8 Å². The highest BCUT2D eigenvalue weighted by atomic mass is 32.2. The van der Waals surface area contributed by atoms with Crippen molar-refractivity contribution in [3.8, 4) is 17.4 Å². The fraction of sp³-hybridized carbons (Fsp3) is 0.0455. The monoisotopic (exact) mass is 436 g/mol. The van der Waals surface area contributed by atoms with Crippen molar-refractivity contribution in [2.24, 2.45) is 5.14 Å². The van der Waals surface area contributed by atoms with Crippen molar-refractivity contribution in [1.29, 1.82) is 0 Å². The molecule has 1 aromatic heterocycles. The van der Waals surface area contributed by atoms with Crippen LogP contribution in [0, 0.1) is 5.82 Å². The van der Waals surface area contributed by atoms with Gasteiger partial charge in [0.1, 0.15) is 5.82 Å². The Labute approximate surface area is 181 Å². The normalized spacial score (nSPS) is 10.7. The van der Waals surface area contributed by atoms with Gasteiger partial charge in [-0.2, -0.15) is 0 Å². The Hall–Kier alpha value is -3.69. The lowest BCUT2D eigenvalue weighted by Crippen LogP contribution is -2.16. The van der Waals surface area contributed by atoms with Crippen LogP contribution in [-0.4, -0.2) is 23.0 Å². The van der Waals surface area contributed by atoms with Gasteiger partial charge in [0.05, 0.1) is 18.1 Å². The Kier molecular flexibility index (Phi) is 5.96. The van der Waals surface area contributed by atoms with Crippen LogP contribution in [0.15, 0.2) is 71.6 Å². The number of methoxy groups -OCH3 is 1. The molecule has 0 saturated heterocycles. The zero-order valence-electron chi connectivity index (χ0n) is 16.3. The number of nitrogens with two attached hydrogens (primary N) is 1. The zero-order chi connectivity index (χ0) is 21.8. The lowest BCUT2D eigenvalue weighted by molar-refractivity contribution is 0.101. The van der Waals surface area contributed by atoms with Crippen LogP contribution in [0.1, 0.15) is 10.5 Å². The molecular formula is C22H17FN4O3S. The summed E-state index contributed by atoms with van der Waals surface area (Å²) in [6.07, 6.45) is 0. The molecule has 0 fully saturated rings. The van der Waals surface area contributed by atoms with Crippen LogP contribution in [0.5, 0.6) is 17.4 Å². The SMILES string of the molecule is COc1cc(F)ccc1Oc1nc2ccccc2nc1C(=O)Nc1cccc(SN)c1. The second-order valence-electron chi connectivity index (χ2n) is 6.36. The van der Waals surface area contributed by atoms with E-state index in [4.69, 9.17) is 14.6 Å². The van der Waals surface area contributed by atoms with Gasteiger partial charge in [-0.1, -0.05) is 18.2 Å². The lowest BCUT2D eigenvalue weighted by atomic mass is 10.2. The van der Waals surface area contributed by atoms with Crippen LogP contribution in [-0.2, 0) is 0 Å². The topological polar surface area (TPSA) is 99.4 Å². The van der Waals surface area contributed by atoms with Crippen LogP contribution >= 0.6 is 11.9 Å². The van der Waals surface area contributed by atoms with Crippen LogP contribution in [0.3, 0.4) is 0 Å². The first-order valence-corrected chi connectivity index (χ1v) is 10.0. The van der Waals surface area contributed by atoms with Crippen molar-refractivity contribution in [2.45, 2.75) is 4.90 Å². The van der Waals surface area contributed by atoms with Gasteiger partial charge in [-0.05, 0) is 54.4 Å². The summed E-state index contributed by atoms with van der Waals surface area (Å²) in [6.45, 7) is 0. The van der Waals surface area contributed by atoms with Gasteiger partial charge in [0, 0.05) is 16.6 Å². The fourth-order valence-corrected chi connectivity index (χ4v) is 3.22. The molecule has 9 heteroatoms. The number of amides is 1. The highest BCUT2D eigenvalue weighted by Gasteiger charge is 2.20. The van der Waals surface area contributed by atoms with E-state index in [9.17, 15) is 9.18 Å². The van der Waals surface area contributed by atoms with Gasteiger partial charge >= 0.3 is 0 Å². The molecule has 0 saturated carbocycles. The number of anilines is 1. The number of halogens is 1. The molecule has 0 aliphatic heterocycles. The maximum Gasteiger partial charge on any atom is 0.279 e. The van der Waals surface area contributed by atoms with Gasteiger partial charge in [0.2, 0.25) is 0 Å². The molecule has 156 valence electrons. The van der Waals surface area contributed by atoms with E-state index < -0.39 is 11.7 Å². The van der Waals surface area contributed by atoms with E-state index in [-0.39, 0.29) is 23.1 Å². The van der Waals surface area contributed by atoms with Crippen molar-refractivity contribution in [1.82, 2.24) is 9.97 Å². The highest BCUT2D eigenvalue weighted by Crippen LogP contribution is 2.33. The third kappa shape index (κ3) is 4.57. The molecule has 0 radical (unpaired) electrons. The van der Waals surface area contributed by atoms with Gasteiger partial charge in [-0.15, -0.1) is 0 Å². The summed E-state index contributed by atoms with van der Waals surface area (Å²) in [7, 11) is 1.39. The number of carbonyl (C=O) groups is 1. The summed E-state index contributed by atoms with van der Waals surface area (Å²) in [5.41, 5.74) is 1.57. The summed E-state index contributed by atoms with van der Waals surface area (Å²) < 4.78 is 24.6. The number of nitrogens with one attached hydrogen (secondary N) is 1. The maximum absolute atomic E-state index is 13.6. The molecule has 0 spiro atoms. The first-order chi connectivity index (χ1) is 15.1. The number of nitrogens with zero attached hydrogens (tertiary/aromatic N) is 2. The second-order valence-corrected chi connectivity index (χ2v) is 7.07. The van der Waals surface area contributed by atoms with Crippen LogP contribution in [0.2, 0.25) is 0 Å². The van der Waals surface area contributed by atoms with Crippen molar-refractivity contribution in [3.05, 3.63) is 78.2 Å². The van der Waals surface area contributed by atoms with Gasteiger partial charge in [0.25, 0.3) is 11.8 Å². The summed E-state index contributed by atoms with van der Waals surface area (Å²) in [4.78, 5) is 22.7. The summed E-state index contributed by atoms with van der Waals surface area (Å²) >= 11 is 1.07. The summed E-state index contributed by atoms with van der Waals surface area (Å²) in [5, 5.41) is 8.37. The predicted octanol–water partition coefficient (Wildman–Crippen LogP) is 4.79. The van der Waals surface area contributed by atoms with E-state index in [1.165, 1.54) is 25.3 Å². The molecule has 7 nitrogen and oxygen atoms in total. The number of hydrogen-bond donors (Lipinski definition) is 2. The van der Waals surface area contributed by atoms with E-state index in [0.29, 0.717) is 16.7 Å². The Morgan fingerprint density at radius 3 is 2.52 bits per heavy atom. The van der Waals surface area contributed by atoms with Crippen molar-refractivity contribution >= 4 is 34.6 Å². The number of hydrogen-bond acceptors (Lipinski definition) is 7. The number of carbonyl (C=O) groups excluding carboxylic acids is 1. The number of rotatable bonds is 6.